The third-order valence-corrected chi connectivity index (χ3v) is 4.06. The van der Waals surface area contributed by atoms with Crippen molar-refractivity contribution >= 4 is 11.9 Å². The maximum atomic E-state index is 11.8. The van der Waals surface area contributed by atoms with E-state index < -0.39 is 11.9 Å². The van der Waals surface area contributed by atoms with Crippen LogP contribution in [0.25, 0.3) is 11.6 Å². The van der Waals surface area contributed by atoms with Crippen LogP contribution < -0.4 is 0 Å². The lowest BCUT2D eigenvalue weighted by molar-refractivity contribution is -0.169. The van der Waals surface area contributed by atoms with Crippen LogP contribution in [0.3, 0.4) is 0 Å². The van der Waals surface area contributed by atoms with Crippen molar-refractivity contribution in [3.8, 4) is 11.6 Å². The van der Waals surface area contributed by atoms with Crippen LogP contribution in [0.1, 0.15) is 11.1 Å². The summed E-state index contributed by atoms with van der Waals surface area (Å²) in [5.74, 6) is -0.794. The second-order valence-electron chi connectivity index (χ2n) is 6.14. The van der Waals surface area contributed by atoms with E-state index in [2.05, 4.69) is 19.9 Å². The van der Waals surface area contributed by atoms with Crippen LogP contribution in [0, 0.1) is 0 Å². The van der Waals surface area contributed by atoms with Crippen molar-refractivity contribution in [2.45, 2.75) is 13.2 Å². The highest BCUT2D eigenvalue weighted by atomic mass is 16.6. The number of carbonyl (C=O) groups excluding carboxylic acids is 2. The van der Waals surface area contributed by atoms with E-state index in [1.165, 1.54) is 0 Å². The highest BCUT2D eigenvalue weighted by Gasteiger charge is 2.17. The molecular formula is C20H16N6O4. The van der Waals surface area contributed by atoms with E-state index in [9.17, 15) is 9.59 Å². The number of ether oxygens (including phenoxy) is 2. The zero-order valence-corrected chi connectivity index (χ0v) is 15.7. The number of aromatic nitrogens is 6. The van der Waals surface area contributed by atoms with Gasteiger partial charge >= 0.3 is 11.9 Å². The summed E-state index contributed by atoms with van der Waals surface area (Å²) >= 11 is 0. The maximum absolute atomic E-state index is 11.8. The number of pyridine rings is 2. The second kappa shape index (κ2) is 8.78. The Bertz CT molecular complexity index is 1020. The minimum Gasteiger partial charge on any atom is -0.452 e. The van der Waals surface area contributed by atoms with Gasteiger partial charge in [-0.05, 0) is 12.1 Å². The molecule has 0 aliphatic heterocycles. The molecule has 30 heavy (non-hydrogen) atoms. The van der Waals surface area contributed by atoms with Crippen LogP contribution in [0.4, 0.5) is 0 Å². The molecule has 0 aliphatic rings. The molecule has 0 spiro atoms. The molecule has 0 saturated carbocycles. The van der Waals surface area contributed by atoms with E-state index in [1.807, 2.05) is 0 Å². The minimum absolute atomic E-state index is 0.0910. The van der Waals surface area contributed by atoms with Crippen LogP contribution in [-0.4, -0.2) is 41.0 Å². The molecule has 4 rings (SSSR count). The fourth-order valence-corrected chi connectivity index (χ4v) is 2.51. The first-order valence-electron chi connectivity index (χ1n) is 8.89. The zero-order chi connectivity index (χ0) is 20.8. The standard InChI is InChI=1S/C20H16N6O4/c27-19(29-11-15-1-3-17(23-9-15)25-7-5-21-13-25)20(28)30-12-16-2-4-18(24-10-16)26-8-6-22-14-26/h1-10,13-14H,11-12H2. The van der Waals surface area contributed by atoms with Gasteiger partial charge in [-0.1, -0.05) is 12.1 Å². The molecule has 0 radical (unpaired) electrons. The summed E-state index contributed by atoms with van der Waals surface area (Å²) in [6.07, 6.45) is 13.2. The van der Waals surface area contributed by atoms with Crippen molar-refractivity contribution in [1.29, 1.82) is 0 Å². The van der Waals surface area contributed by atoms with Gasteiger partial charge in [-0.25, -0.2) is 29.5 Å². The first-order chi connectivity index (χ1) is 14.7. The van der Waals surface area contributed by atoms with E-state index in [1.54, 1.807) is 83.2 Å². The normalized spacial score (nSPS) is 10.5. The van der Waals surface area contributed by atoms with E-state index >= 15 is 0 Å². The first kappa shape index (κ1) is 19.0. The molecular weight excluding hydrogens is 388 g/mol. The number of imidazole rings is 2. The topological polar surface area (TPSA) is 114 Å². The highest BCUT2D eigenvalue weighted by Crippen LogP contribution is 2.08. The summed E-state index contributed by atoms with van der Waals surface area (Å²) in [7, 11) is 0. The van der Waals surface area contributed by atoms with Crippen molar-refractivity contribution in [3.05, 3.63) is 85.2 Å². The average Bonchev–Trinajstić information content (AvgIpc) is 3.51. The second-order valence-corrected chi connectivity index (χ2v) is 6.14. The third-order valence-electron chi connectivity index (χ3n) is 4.06. The summed E-state index contributed by atoms with van der Waals surface area (Å²) in [6, 6.07) is 7.00. The average molecular weight is 404 g/mol. The number of hydrogen-bond donors (Lipinski definition) is 0. The molecule has 0 bridgehead atoms. The molecule has 10 nitrogen and oxygen atoms in total. The Hall–Kier alpha value is -4.34. The fraction of sp³-hybridized carbons (Fsp3) is 0.100. The summed E-state index contributed by atoms with van der Waals surface area (Å²) in [6.45, 7) is -0.182. The number of hydrogen-bond acceptors (Lipinski definition) is 8. The fourth-order valence-electron chi connectivity index (χ4n) is 2.51. The number of esters is 2. The molecule has 0 aliphatic carbocycles. The molecule has 4 aromatic rings. The Kier molecular flexibility index (Phi) is 5.56. The van der Waals surface area contributed by atoms with Crippen molar-refractivity contribution in [3.63, 3.8) is 0 Å². The predicted octanol–water partition coefficient (Wildman–Crippen LogP) is 1.63. The molecule has 4 aromatic heterocycles. The lowest BCUT2D eigenvalue weighted by Crippen LogP contribution is -2.20. The van der Waals surface area contributed by atoms with Gasteiger partial charge in [0.2, 0.25) is 0 Å². The molecule has 0 aromatic carbocycles. The van der Waals surface area contributed by atoms with Crippen molar-refractivity contribution in [2.24, 2.45) is 0 Å². The van der Waals surface area contributed by atoms with Crippen LogP contribution >= 0.6 is 0 Å². The SMILES string of the molecule is O=C(OCc1ccc(-n2ccnc2)nc1)C(=O)OCc1ccc(-n2ccnc2)nc1. The van der Waals surface area contributed by atoms with Gasteiger partial charge in [0.1, 0.15) is 37.5 Å². The molecule has 0 amide bonds. The highest BCUT2D eigenvalue weighted by molar-refractivity contribution is 6.29. The molecule has 10 heteroatoms. The van der Waals surface area contributed by atoms with Gasteiger partial charge in [-0.2, -0.15) is 0 Å². The molecule has 0 N–H and O–H groups in total. The van der Waals surface area contributed by atoms with Gasteiger partial charge in [0.05, 0.1) is 0 Å². The molecule has 4 heterocycles. The van der Waals surface area contributed by atoms with Gasteiger partial charge in [-0.15, -0.1) is 0 Å². The molecule has 150 valence electrons. The monoisotopic (exact) mass is 404 g/mol. The summed E-state index contributed by atoms with van der Waals surface area (Å²) < 4.78 is 13.4. The molecule has 0 fully saturated rings. The molecule has 0 unspecified atom stereocenters. The van der Waals surface area contributed by atoms with E-state index in [4.69, 9.17) is 9.47 Å². The van der Waals surface area contributed by atoms with Crippen LogP contribution in [-0.2, 0) is 32.3 Å². The summed E-state index contributed by atoms with van der Waals surface area (Å²) in [5, 5.41) is 0. The predicted molar refractivity (Wildman–Crippen MR) is 102 cm³/mol. The van der Waals surface area contributed by atoms with Crippen LogP contribution in [0.15, 0.2) is 74.1 Å². The van der Waals surface area contributed by atoms with Gasteiger partial charge in [0.15, 0.2) is 0 Å². The Morgan fingerprint density at radius 2 is 1.20 bits per heavy atom. The summed E-state index contributed by atoms with van der Waals surface area (Å²) in [4.78, 5) is 40.1. The van der Waals surface area contributed by atoms with Crippen molar-refractivity contribution in [2.75, 3.05) is 0 Å². The number of nitrogens with zero attached hydrogens (tertiary/aromatic N) is 6. The van der Waals surface area contributed by atoms with E-state index in [0.29, 0.717) is 22.8 Å². The quantitative estimate of drug-likeness (QED) is 0.352. The Labute approximate surface area is 170 Å². The lowest BCUT2D eigenvalue weighted by atomic mass is 10.3. The molecule has 0 atom stereocenters. The van der Waals surface area contributed by atoms with E-state index in [-0.39, 0.29) is 13.2 Å². The number of carbonyl (C=O) groups is 2. The van der Waals surface area contributed by atoms with Gasteiger partial charge < -0.3 is 9.47 Å². The number of rotatable bonds is 6. The van der Waals surface area contributed by atoms with Crippen molar-refractivity contribution in [1.82, 2.24) is 29.1 Å². The van der Waals surface area contributed by atoms with Crippen molar-refractivity contribution < 1.29 is 19.1 Å². The maximum Gasteiger partial charge on any atom is 0.417 e. The van der Waals surface area contributed by atoms with E-state index in [0.717, 1.165) is 0 Å². The molecule has 0 saturated heterocycles. The van der Waals surface area contributed by atoms with Gasteiger partial charge in [0.25, 0.3) is 0 Å². The summed E-state index contributed by atoms with van der Waals surface area (Å²) in [5.41, 5.74) is 1.28. The van der Waals surface area contributed by atoms with Crippen LogP contribution in [0.5, 0.6) is 0 Å². The third kappa shape index (κ3) is 4.55. The Morgan fingerprint density at radius 1 is 0.733 bits per heavy atom. The largest absolute Gasteiger partial charge is 0.452 e. The van der Waals surface area contributed by atoms with Crippen LogP contribution in [0.2, 0.25) is 0 Å². The Balaban J connectivity index is 1.24. The smallest absolute Gasteiger partial charge is 0.417 e. The first-order valence-corrected chi connectivity index (χ1v) is 8.89. The lowest BCUT2D eigenvalue weighted by Gasteiger charge is -2.07. The zero-order valence-electron chi connectivity index (χ0n) is 15.7. The van der Waals surface area contributed by atoms with Gasteiger partial charge in [-0.3, -0.25) is 9.13 Å². The minimum atomic E-state index is -1.07. The Morgan fingerprint density at radius 3 is 1.53 bits per heavy atom. The van der Waals surface area contributed by atoms with Gasteiger partial charge in [0, 0.05) is 48.3 Å².